The molecule has 0 atom stereocenters. The molecule has 6 rings (SSSR count). The van der Waals surface area contributed by atoms with Gasteiger partial charge in [-0.15, -0.1) is 0 Å². The Morgan fingerprint density at radius 1 is 0.929 bits per heavy atom. The molecule has 4 saturated carbocycles. The van der Waals surface area contributed by atoms with Crippen LogP contribution in [0, 0.1) is 17.8 Å². The smallest absolute Gasteiger partial charge is 0.255 e. The Hall–Kier alpha value is -2.29. The average Bonchev–Trinajstić information content (AvgIpc) is 2.68. The molecule has 3 nitrogen and oxygen atoms in total. The second-order valence-electron chi connectivity index (χ2n) is 9.19. The first-order chi connectivity index (χ1) is 13.6. The molecule has 2 aromatic carbocycles. The quantitative estimate of drug-likeness (QED) is 0.716. The number of benzene rings is 2. The van der Waals surface area contributed by atoms with E-state index in [1.165, 1.54) is 44.1 Å². The highest BCUT2D eigenvalue weighted by molar-refractivity contribution is 6.04. The lowest BCUT2D eigenvalue weighted by molar-refractivity contribution is -0.00518. The molecule has 2 aromatic rings. The highest BCUT2D eigenvalue weighted by atomic mass is 16.5. The summed E-state index contributed by atoms with van der Waals surface area (Å²) in [6, 6.07) is 16.0. The molecule has 1 amide bonds. The molecule has 4 aliphatic carbocycles. The number of hydrogen-bond acceptors (Lipinski definition) is 2. The maximum Gasteiger partial charge on any atom is 0.255 e. The van der Waals surface area contributed by atoms with E-state index in [1.54, 1.807) is 0 Å². The fourth-order valence-corrected chi connectivity index (χ4v) is 6.44. The summed E-state index contributed by atoms with van der Waals surface area (Å²) < 4.78 is 5.44. The summed E-state index contributed by atoms with van der Waals surface area (Å²) in [5, 5.41) is 3.03. The largest absolute Gasteiger partial charge is 0.494 e. The molecule has 1 N–H and O–H groups in total. The zero-order chi connectivity index (χ0) is 19.1. The molecule has 0 radical (unpaired) electrons. The Labute approximate surface area is 167 Å². The molecule has 28 heavy (non-hydrogen) atoms. The summed E-state index contributed by atoms with van der Waals surface area (Å²) in [5.74, 6) is 3.56. The van der Waals surface area contributed by atoms with Gasteiger partial charge in [-0.1, -0.05) is 12.1 Å². The van der Waals surface area contributed by atoms with Gasteiger partial charge in [-0.05, 0) is 111 Å². The zero-order valence-electron chi connectivity index (χ0n) is 16.6. The van der Waals surface area contributed by atoms with Gasteiger partial charge in [0, 0.05) is 11.3 Å². The third kappa shape index (κ3) is 3.21. The monoisotopic (exact) mass is 375 g/mol. The molecule has 146 valence electrons. The molecule has 3 heteroatoms. The minimum Gasteiger partial charge on any atom is -0.494 e. The van der Waals surface area contributed by atoms with Crippen molar-refractivity contribution < 1.29 is 9.53 Å². The van der Waals surface area contributed by atoms with E-state index in [-0.39, 0.29) is 5.91 Å². The van der Waals surface area contributed by atoms with E-state index < -0.39 is 0 Å². The SMILES string of the molecule is CCOc1ccc(C(=O)Nc2ccc(C34CC5CC(CC(C5)C3)C4)cc2)cc1. The third-order valence-corrected chi connectivity index (χ3v) is 7.22. The fraction of sp³-hybridized carbons (Fsp3) is 0.480. The minimum absolute atomic E-state index is 0.0781. The maximum atomic E-state index is 12.5. The normalized spacial score (nSPS) is 30.2. The van der Waals surface area contributed by atoms with Gasteiger partial charge in [0.05, 0.1) is 6.61 Å². The lowest BCUT2D eigenvalue weighted by Gasteiger charge is -2.57. The Morgan fingerprint density at radius 3 is 2.04 bits per heavy atom. The Balaban J connectivity index is 1.28. The van der Waals surface area contributed by atoms with Crippen molar-refractivity contribution in [3.05, 3.63) is 59.7 Å². The van der Waals surface area contributed by atoms with Crippen LogP contribution in [0.4, 0.5) is 5.69 Å². The van der Waals surface area contributed by atoms with Gasteiger partial charge in [-0.25, -0.2) is 0 Å². The van der Waals surface area contributed by atoms with Gasteiger partial charge >= 0.3 is 0 Å². The van der Waals surface area contributed by atoms with Crippen LogP contribution in [0.1, 0.15) is 61.4 Å². The van der Waals surface area contributed by atoms with Crippen molar-refractivity contribution >= 4 is 11.6 Å². The van der Waals surface area contributed by atoms with Crippen molar-refractivity contribution in [1.29, 1.82) is 0 Å². The van der Waals surface area contributed by atoms with Crippen molar-refractivity contribution in [2.24, 2.45) is 17.8 Å². The van der Waals surface area contributed by atoms with Gasteiger partial charge in [0.1, 0.15) is 5.75 Å². The summed E-state index contributed by atoms with van der Waals surface area (Å²) in [4.78, 5) is 12.5. The van der Waals surface area contributed by atoms with Crippen LogP contribution in [-0.2, 0) is 5.41 Å². The van der Waals surface area contributed by atoms with Crippen LogP contribution in [-0.4, -0.2) is 12.5 Å². The third-order valence-electron chi connectivity index (χ3n) is 7.22. The Bertz CT molecular complexity index is 818. The summed E-state index contributed by atoms with van der Waals surface area (Å²) in [7, 11) is 0. The van der Waals surface area contributed by atoms with Crippen molar-refractivity contribution in [2.45, 2.75) is 50.9 Å². The van der Waals surface area contributed by atoms with Crippen molar-refractivity contribution in [3.63, 3.8) is 0 Å². The second-order valence-corrected chi connectivity index (χ2v) is 9.19. The van der Waals surface area contributed by atoms with Crippen molar-refractivity contribution in [2.75, 3.05) is 11.9 Å². The van der Waals surface area contributed by atoms with E-state index in [0.29, 0.717) is 17.6 Å². The standard InChI is InChI=1S/C25H29NO2/c1-2-28-23-9-3-20(4-10-23)24(27)26-22-7-5-21(6-8-22)25-14-17-11-18(15-25)13-19(12-17)16-25/h3-10,17-19H,2,11-16H2,1H3,(H,26,27). The first-order valence-electron chi connectivity index (χ1n) is 10.8. The lowest BCUT2D eigenvalue weighted by Crippen LogP contribution is -2.48. The highest BCUT2D eigenvalue weighted by Crippen LogP contribution is 2.60. The van der Waals surface area contributed by atoms with Gasteiger partial charge in [0.25, 0.3) is 5.91 Å². The molecule has 0 aliphatic heterocycles. The lowest BCUT2D eigenvalue weighted by atomic mass is 9.48. The number of nitrogens with one attached hydrogen (secondary N) is 1. The summed E-state index contributed by atoms with van der Waals surface area (Å²) in [6.07, 6.45) is 8.52. The first kappa shape index (κ1) is 17.8. The number of hydrogen-bond donors (Lipinski definition) is 1. The van der Waals surface area contributed by atoms with Crippen molar-refractivity contribution in [3.8, 4) is 5.75 Å². The van der Waals surface area contributed by atoms with Gasteiger partial charge in [-0.3, -0.25) is 4.79 Å². The number of amides is 1. The molecule has 4 bridgehead atoms. The number of carbonyl (C=O) groups excluding carboxylic acids is 1. The molecule has 0 heterocycles. The molecule has 0 saturated heterocycles. The number of rotatable bonds is 5. The van der Waals surface area contributed by atoms with Crippen LogP contribution in [0.25, 0.3) is 0 Å². The molecular weight excluding hydrogens is 346 g/mol. The molecular formula is C25H29NO2. The summed E-state index contributed by atoms with van der Waals surface area (Å²) in [5.41, 5.74) is 3.42. The number of carbonyl (C=O) groups is 1. The summed E-state index contributed by atoms with van der Waals surface area (Å²) in [6.45, 7) is 2.58. The van der Waals surface area contributed by atoms with Crippen molar-refractivity contribution in [1.82, 2.24) is 0 Å². The topological polar surface area (TPSA) is 38.3 Å². The van der Waals surface area contributed by atoms with Crippen LogP contribution in [0.3, 0.4) is 0 Å². The zero-order valence-corrected chi connectivity index (χ0v) is 16.6. The van der Waals surface area contributed by atoms with Crippen LogP contribution < -0.4 is 10.1 Å². The van der Waals surface area contributed by atoms with Gasteiger partial charge in [0.2, 0.25) is 0 Å². The van der Waals surface area contributed by atoms with E-state index in [2.05, 4.69) is 29.6 Å². The number of ether oxygens (including phenoxy) is 1. The Kier molecular flexibility index (Phi) is 4.41. The number of anilines is 1. The van der Waals surface area contributed by atoms with Crippen LogP contribution in [0.5, 0.6) is 5.75 Å². The van der Waals surface area contributed by atoms with E-state index >= 15 is 0 Å². The molecule has 4 fully saturated rings. The van der Waals surface area contributed by atoms with E-state index in [4.69, 9.17) is 4.74 Å². The van der Waals surface area contributed by atoms with Crippen LogP contribution in [0.2, 0.25) is 0 Å². The molecule has 0 aromatic heterocycles. The fourth-order valence-electron chi connectivity index (χ4n) is 6.44. The van der Waals surface area contributed by atoms with Gasteiger partial charge in [-0.2, -0.15) is 0 Å². The molecule has 4 aliphatic rings. The molecule has 0 spiro atoms. The Morgan fingerprint density at radius 2 is 1.50 bits per heavy atom. The minimum atomic E-state index is -0.0781. The predicted octanol–water partition coefficient (Wildman–Crippen LogP) is 5.81. The first-order valence-corrected chi connectivity index (χ1v) is 10.8. The van der Waals surface area contributed by atoms with Crippen LogP contribution in [0.15, 0.2) is 48.5 Å². The van der Waals surface area contributed by atoms with E-state index in [0.717, 1.165) is 29.2 Å². The predicted molar refractivity (Wildman–Crippen MR) is 112 cm³/mol. The maximum absolute atomic E-state index is 12.5. The van der Waals surface area contributed by atoms with Gasteiger partial charge in [0.15, 0.2) is 0 Å². The molecule has 0 unspecified atom stereocenters. The van der Waals surface area contributed by atoms with Gasteiger partial charge < -0.3 is 10.1 Å². The average molecular weight is 376 g/mol. The van der Waals surface area contributed by atoms with E-state index in [1.807, 2.05) is 31.2 Å². The van der Waals surface area contributed by atoms with E-state index in [9.17, 15) is 4.79 Å². The highest BCUT2D eigenvalue weighted by Gasteiger charge is 2.51. The van der Waals surface area contributed by atoms with Crippen LogP contribution >= 0.6 is 0 Å². The second kappa shape index (κ2) is 6.95. The summed E-state index contributed by atoms with van der Waals surface area (Å²) >= 11 is 0.